The lowest BCUT2D eigenvalue weighted by Crippen LogP contribution is -2.48. The van der Waals surface area contributed by atoms with Crippen molar-refractivity contribution in [3.8, 4) is 0 Å². The number of rotatable bonds is 9. The topological polar surface area (TPSA) is 171 Å². The fourth-order valence-electron chi connectivity index (χ4n) is 4.59. The Morgan fingerprint density at radius 3 is 2.13 bits per heavy atom. The number of benzene rings is 1. The zero-order valence-electron chi connectivity index (χ0n) is 26.5. The van der Waals surface area contributed by atoms with Crippen LogP contribution in [-0.4, -0.2) is 66.0 Å². The molecular formula is C31H39BN4O8S. The first-order chi connectivity index (χ1) is 20.8. The van der Waals surface area contributed by atoms with E-state index in [4.69, 9.17) is 19.8 Å². The Morgan fingerprint density at radius 2 is 1.60 bits per heavy atom. The third kappa shape index (κ3) is 7.19. The molecule has 4 rings (SSSR count). The normalized spacial score (nSPS) is 17.4. The van der Waals surface area contributed by atoms with Gasteiger partial charge in [-0.1, -0.05) is 36.4 Å². The van der Waals surface area contributed by atoms with Gasteiger partial charge in [-0.05, 0) is 83.8 Å². The summed E-state index contributed by atoms with van der Waals surface area (Å²) in [5.41, 5.74) is 6.02. The van der Waals surface area contributed by atoms with E-state index in [0.717, 1.165) is 10.4 Å². The first-order valence-electron chi connectivity index (χ1n) is 14.3. The molecule has 0 bridgehead atoms. The highest BCUT2D eigenvalue weighted by Gasteiger charge is 2.52. The van der Waals surface area contributed by atoms with Crippen LogP contribution in [0, 0.1) is 0 Å². The molecule has 2 aromatic heterocycles. The highest BCUT2D eigenvalue weighted by Crippen LogP contribution is 2.37. The van der Waals surface area contributed by atoms with Crippen molar-refractivity contribution >= 4 is 40.3 Å². The number of nitrogens with zero attached hydrogens (tertiary/aromatic N) is 3. The largest absolute Gasteiger partial charge is 0.494 e. The number of carbonyl (C=O) groups is 2. The molecule has 1 amide bonds. The van der Waals surface area contributed by atoms with Crippen molar-refractivity contribution in [1.29, 1.82) is 0 Å². The lowest BCUT2D eigenvalue weighted by Gasteiger charge is -2.32. The first-order valence-corrected chi connectivity index (χ1v) is 15.8. The van der Waals surface area contributed by atoms with Crippen LogP contribution in [0.3, 0.4) is 0 Å². The van der Waals surface area contributed by atoms with Crippen molar-refractivity contribution in [2.75, 3.05) is 11.4 Å². The molecule has 12 nitrogen and oxygen atoms in total. The molecule has 0 spiro atoms. The molecule has 14 heteroatoms. The van der Waals surface area contributed by atoms with Gasteiger partial charge in [0.25, 0.3) is 0 Å². The standard InChI is InChI=1S/C31H39BN4O8S/c1-28(2,3)42-27(39)36(20-26(37)38)24-12-10-11-23(35-24)31(33,45(40,41)25-13-8-9-18-34-25)19-21-14-16-22(17-15-21)32-43-29(4,5)30(6,7)44-32/h8-18H,19-20,33H2,1-7H3,(H,37,38). The van der Waals surface area contributed by atoms with Gasteiger partial charge in [-0.15, -0.1) is 0 Å². The van der Waals surface area contributed by atoms with E-state index in [-0.39, 0.29) is 23.0 Å². The van der Waals surface area contributed by atoms with Crippen LogP contribution in [0.5, 0.6) is 0 Å². The summed E-state index contributed by atoms with van der Waals surface area (Å²) >= 11 is 0. The molecule has 1 unspecified atom stereocenters. The molecule has 0 radical (unpaired) electrons. The summed E-state index contributed by atoms with van der Waals surface area (Å²) in [6, 6.07) is 15.7. The molecule has 45 heavy (non-hydrogen) atoms. The second-order valence-corrected chi connectivity index (χ2v) is 15.1. The van der Waals surface area contributed by atoms with E-state index in [0.29, 0.717) is 5.56 Å². The molecule has 240 valence electrons. The van der Waals surface area contributed by atoms with Crippen molar-refractivity contribution in [3.05, 3.63) is 78.1 Å². The first kappa shape index (κ1) is 34.0. The molecule has 1 atom stereocenters. The average molecular weight is 639 g/mol. The number of nitrogens with two attached hydrogens (primary N) is 1. The maximum absolute atomic E-state index is 14.2. The van der Waals surface area contributed by atoms with Crippen LogP contribution in [0.1, 0.15) is 59.7 Å². The quantitative estimate of drug-likeness (QED) is 0.329. The van der Waals surface area contributed by atoms with Gasteiger partial charge in [-0.25, -0.2) is 23.2 Å². The minimum absolute atomic E-state index is 0.125. The van der Waals surface area contributed by atoms with Gasteiger partial charge in [0.1, 0.15) is 18.0 Å². The van der Waals surface area contributed by atoms with Gasteiger partial charge in [0.2, 0.25) is 9.84 Å². The van der Waals surface area contributed by atoms with E-state index in [9.17, 15) is 23.1 Å². The Balaban J connectivity index is 1.77. The summed E-state index contributed by atoms with van der Waals surface area (Å²) in [4.78, 5) is 31.8. The molecule has 1 saturated heterocycles. The van der Waals surface area contributed by atoms with Crippen LogP contribution in [0.25, 0.3) is 0 Å². The number of ether oxygens (including phenoxy) is 1. The molecule has 1 fully saturated rings. The number of amides is 1. The number of aromatic nitrogens is 2. The molecule has 1 aromatic carbocycles. The van der Waals surface area contributed by atoms with E-state index in [1.807, 2.05) is 27.7 Å². The number of carboxylic acid groups (broad SMARTS) is 1. The van der Waals surface area contributed by atoms with E-state index >= 15 is 0 Å². The number of hydrogen-bond donors (Lipinski definition) is 2. The number of pyridine rings is 2. The fourth-order valence-corrected chi connectivity index (χ4v) is 6.17. The number of anilines is 1. The Morgan fingerprint density at radius 1 is 0.978 bits per heavy atom. The Kier molecular flexibility index (Phi) is 9.20. The van der Waals surface area contributed by atoms with E-state index in [1.165, 1.54) is 36.5 Å². The zero-order chi connectivity index (χ0) is 33.4. The molecule has 3 heterocycles. The Labute approximate surface area is 264 Å². The van der Waals surface area contributed by atoms with E-state index in [1.54, 1.807) is 51.1 Å². The van der Waals surface area contributed by atoms with Gasteiger partial charge < -0.3 is 24.9 Å². The van der Waals surface area contributed by atoms with Gasteiger partial charge in [0, 0.05) is 12.6 Å². The van der Waals surface area contributed by atoms with Crippen LogP contribution in [0.4, 0.5) is 10.6 Å². The number of carboxylic acids is 1. The second-order valence-electron chi connectivity index (χ2n) is 12.9. The van der Waals surface area contributed by atoms with Crippen molar-refractivity contribution in [2.24, 2.45) is 5.73 Å². The monoisotopic (exact) mass is 638 g/mol. The van der Waals surface area contributed by atoms with Gasteiger partial charge in [-0.2, -0.15) is 0 Å². The highest BCUT2D eigenvalue weighted by molar-refractivity contribution is 7.92. The van der Waals surface area contributed by atoms with Crippen LogP contribution < -0.4 is 16.1 Å². The third-order valence-corrected chi connectivity index (χ3v) is 9.82. The summed E-state index contributed by atoms with van der Waals surface area (Å²) in [6.45, 7) is 11.9. The van der Waals surface area contributed by atoms with Gasteiger partial charge >= 0.3 is 19.2 Å². The third-order valence-electron chi connectivity index (χ3n) is 7.72. The van der Waals surface area contributed by atoms with Gasteiger partial charge in [0.05, 0.1) is 16.9 Å². The van der Waals surface area contributed by atoms with Crippen molar-refractivity contribution in [1.82, 2.24) is 9.97 Å². The summed E-state index contributed by atoms with van der Waals surface area (Å²) in [7, 11) is -5.03. The fraction of sp³-hybridized carbons (Fsp3) is 0.419. The van der Waals surface area contributed by atoms with Gasteiger partial charge in [-0.3, -0.25) is 9.69 Å². The number of carbonyl (C=O) groups excluding carboxylic acids is 1. The molecule has 0 saturated carbocycles. The summed E-state index contributed by atoms with van der Waals surface area (Å²) < 4.78 is 46.1. The predicted octanol–water partition coefficient (Wildman–Crippen LogP) is 3.43. The molecule has 1 aliphatic heterocycles. The average Bonchev–Trinajstić information content (AvgIpc) is 3.17. The Bertz CT molecular complexity index is 1640. The molecule has 1 aliphatic rings. The summed E-state index contributed by atoms with van der Waals surface area (Å²) in [5.74, 6) is -1.47. The van der Waals surface area contributed by atoms with Crippen LogP contribution in [0.2, 0.25) is 0 Å². The smallest absolute Gasteiger partial charge is 0.480 e. The maximum atomic E-state index is 14.2. The van der Waals surface area contributed by atoms with Gasteiger partial charge in [0.15, 0.2) is 9.90 Å². The highest BCUT2D eigenvalue weighted by atomic mass is 32.2. The predicted molar refractivity (Wildman–Crippen MR) is 169 cm³/mol. The number of hydrogen-bond acceptors (Lipinski definition) is 10. The summed E-state index contributed by atoms with van der Waals surface area (Å²) in [6.07, 6.45) is 0.133. The van der Waals surface area contributed by atoms with Crippen LogP contribution >= 0.6 is 0 Å². The zero-order valence-corrected chi connectivity index (χ0v) is 27.3. The van der Waals surface area contributed by atoms with E-state index < -0.39 is 57.2 Å². The van der Waals surface area contributed by atoms with Crippen molar-refractivity contribution in [2.45, 2.75) is 81.6 Å². The summed E-state index contributed by atoms with van der Waals surface area (Å²) in [5, 5.41) is 9.25. The van der Waals surface area contributed by atoms with Crippen molar-refractivity contribution in [3.63, 3.8) is 0 Å². The molecule has 0 aliphatic carbocycles. The second kappa shape index (κ2) is 12.2. The minimum Gasteiger partial charge on any atom is -0.480 e. The lowest BCUT2D eigenvalue weighted by molar-refractivity contribution is -0.135. The minimum atomic E-state index is -4.42. The molecule has 3 aromatic rings. The number of aliphatic carboxylic acids is 1. The van der Waals surface area contributed by atoms with Crippen LogP contribution in [-0.2, 0) is 40.0 Å². The molecular weight excluding hydrogens is 599 g/mol. The number of sulfone groups is 1. The van der Waals surface area contributed by atoms with Crippen LogP contribution in [0.15, 0.2) is 71.9 Å². The SMILES string of the molecule is CC(C)(C)OC(=O)N(CC(=O)O)c1cccc(C(N)(Cc2ccc(B3OC(C)(C)C(C)(C)O3)cc2)S(=O)(=O)c2ccccn2)n1. The maximum Gasteiger partial charge on any atom is 0.494 e. The van der Waals surface area contributed by atoms with Crippen molar-refractivity contribution < 1.29 is 37.2 Å². The van der Waals surface area contributed by atoms with E-state index in [2.05, 4.69) is 9.97 Å². The molecule has 3 N–H and O–H groups in total. The Hall–Kier alpha value is -3.85. The lowest BCUT2D eigenvalue weighted by atomic mass is 9.78.